The predicted octanol–water partition coefficient (Wildman–Crippen LogP) is 5.42. The molecule has 6 nitrogen and oxygen atoms in total. The SMILES string of the molecule is CCc1nn(-c2ccccc2)c(Oc2cccc(F)c2)c1CN(CCOC)CC(O)Cc1ccccc1. The van der Waals surface area contributed by atoms with Crippen LogP contribution in [0.1, 0.15) is 23.7 Å². The van der Waals surface area contributed by atoms with Crippen molar-refractivity contribution >= 4 is 0 Å². The maximum atomic E-state index is 14.0. The van der Waals surface area contributed by atoms with E-state index in [1.165, 1.54) is 12.1 Å². The highest BCUT2D eigenvalue weighted by atomic mass is 19.1. The number of rotatable bonds is 13. The molecule has 0 fully saturated rings. The number of hydrogen-bond donors (Lipinski definition) is 1. The number of para-hydroxylation sites is 1. The van der Waals surface area contributed by atoms with Crippen LogP contribution in [0.15, 0.2) is 84.9 Å². The highest BCUT2D eigenvalue weighted by Gasteiger charge is 2.24. The third-order valence-electron chi connectivity index (χ3n) is 6.14. The minimum absolute atomic E-state index is 0.369. The van der Waals surface area contributed by atoms with Crippen LogP contribution in [0.3, 0.4) is 0 Å². The molecule has 1 N–H and O–H groups in total. The van der Waals surface area contributed by atoms with E-state index in [9.17, 15) is 9.50 Å². The lowest BCUT2D eigenvalue weighted by atomic mass is 10.1. The Kier molecular flexibility index (Phi) is 9.43. The number of aryl methyl sites for hydroxylation is 1. The van der Waals surface area contributed by atoms with E-state index in [0.717, 1.165) is 22.5 Å². The fourth-order valence-electron chi connectivity index (χ4n) is 4.34. The third kappa shape index (κ3) is 7.26. The van der Waals surface area contributed by atoms with Crippen molar-refractivity contribution in [3.63, 3.8) is 0 Å². The smallest absolute Gasteiger partial charge is 0.227 e. The zero-order valence-electron chi connectivity index (χ0n) is 21.4. The average Bonchev–Trinajstić information content (AvgIpc) is 3.25. The summed E-state index contributed by atoms with van der Waals surface area (Å²) in [6.07, 6.45) is 0.696. The first kappa shape index (κ1) is 26.5. The first-order valence-corrected chi connectivity index (χ1v) is 12.6. The molecule has 0 saturated carbocycles. The summed E-state index contributed by atoms with van der Waals surface area (Å²) in [5, 5.41) is 15.8. The zero-order chi connectivity index (χ0) is 26.0. The van der Waals surface area contributed by atoms with E-state index in [-0.39, 0.29) is 5.82 Å². The first-order chi connectivity index (χ1) is 18.1. The summed E-state index contributed by atoms with van der Waals surface area (Å²) in [5.41, 5.74) is 3.72. The van der Waals surface area contributed by atoms with E-state index in [4.69, 9.17) is 14.6 Å². The van der Waals surface area contributed by atoms with E-state index in [2.05, 4.69) is 11.8 Å². The number of aliphatic hydroxyl groups is 1. The Morgan fingerprint density at radius 3 is 2.41 bits per heavy atom. The van der Waals surface area contributed by atoms with E-state index < -0.39 is 6.10 Å². The maximum Gasteiger partial charge on any atom is 0.227 e. The number of halogens is 1. The molecule has 0 spiro atoms. The molecule has 0 aliphatic carbocycles. The van der Waals surface area contributed by atoms with E-state index in [0.29, 0.717) is 50.7 Å². The standard InChI is InChI=1S/C30H34FN3O3/c1-3-29-28(22-33(17-18-36-2)21-26(35)19-23-11-6-4-7-12-23)30(37-27-16-10-13-24(31)20-27)34(32-29)25-14-8-5-9-15-25/h4-16,20,26,35H,3,17-19,21-22H2,1-2H3. The molecule has 1 unspecified atom stereocenters. The minimum Gasteiger partial charge on any atom is -0.438 e. The van der Waals surface area contributed by atoms with Gasteiger partial charge < -0.3 is 14.6 Å². The van der Waals surface area contributed by atoms with Gasteiger partial charge in [0, 0.05) is 32.8 Å². The average molecular weight is 504 g/mol. The molecule has 0 saturated heterocycles. The summed E-state index contributed by atoms with van der Waals surface area (Å²) in [6.45, 7) is 4.15. The molecule has 0 aliphatic heterocycles. The first-order valence-electron chi connectivity index (χ1n) is 12.6. The maximum absolute atomic E-state index is 14.0. The Hall–Kier alpha value is -3.52. The van der Waals surface area contributed by atoms with E-state index in [1.54, 1.807) is 23.9 Å². The van der Waals surface area contributed by atoms with Gasteiger partial charge in [-0.2, -0.15) is 5.10 Å². The van der Waals surface area contributed by atoms with Crippen LogP contribution in [0.2, 0.25) is 0 Å². The van der Waals surface area contributed by atoms with Crippen molar-refractivity contribution in [3.05, 3.63) is 108 Å². The van der Waals surface area contributed by atoms with Gasteiger partial charge in [-0.15, -0.1) is 0 Å². The van der Waals surface area contributed by atoms with Gasteiger partial charge in [0.1, 0.15) is 11.6 Å². The van der Waals surface area contributed by atoms with Gasteiger partial charge in [0.15, 0.2) is 0 Å². The quantitative estimate of drug-likeness (QED) is 0.264. The third-order valence-corrected chi connectivity index (χ3v) is 6.14. The van der Waals surface area contributed by atoms with Crippen LogP contribution in [0, 0.1) is 5.82 Å². The number of hydrogen-bond acceptors (Lipinski definition) is 5. The highest BCUT2D eigenvalue weighted by molar-refractivity contribution is 5.43. The fourth-order valence-corrected chi connectivity index (χ4v) is 4.34. The summed E-state index contributed by atoms with van der Waals surface area (Å²) in [6, 6.07) is 25.8. The summed E-state index contributed by atoms with van der Waals surface area (Å²) in [7, 11) is 1.67. The second-order valence-corrected chi connectivity index (χ2v) is 8.96. The Bertz CT molecular complexity index is 1250. The van der Waals surface area contributed by atoms with Gasteiger partial charge in [0.25, 0.3) is 0 Å². The van der Waals surface area contributed by atoms with Crippen LogP contribution in [0.4, 0.5) is 4.39 Å². The largest absolute Gasteiger partial charge is 0.438 e. The Morgan fingerprint density at radius 2 is 1.73 bits per heavy atom. The molecule has 1 aromatic heterocycles. The van der Waals surface area contributed by atoms with Gasteiger partial charge in [-0.05, 0) is 42.7 Å². The normalized spacial score (nSPS) is 12.1. The molecule has 0 bridgehead atoms. The number of nitrogens with zero attached hydrogens (tertiary/aromatic N) is 3. The molecule has 7 heteroatoms. The van der Waals surface area contributed by atoms with Crippen molar-refractivity contribution in [2.45, 2.75) is 32.4 Å². The molecule has 37 heavy (non-hydrogen) atoms. The van der Waals surface area contributed by atoms with Gasteiger partial charge in [0.2, 0.25) is 5.88 Å². The summed E-state index contributed by atoms with van der Waals surface area (Å²) in [5.74, 6) is 0.563. The number of methoxy groups -OCH3 is 1. The number of ether oxygens (including phenoxy) is 2. The summed E-state index contributed by atoms with van der Waals surface area (Å²) < 4.78 is 27.4. The molecule has 4 rings (SSSR count). The number of aliphatic hydroxyl groups excluding tert-OH is 1. The van der Waals surface area contributed by atoms with Crippen LogP contribution in [-0.4, -0.2) is 52.7 Å². The Morgan fingerprint density at radius 1 is 1.00 bits per heavy atom. The minimum atomic E-state index is -0.555. The molecule has 3 aromatic carbocycles. The van der Waals surface area contributed by atoms with Crippen molar-refractivity contribution in [1.82, 2.24) is 14.7 Å². The molecule has 1 atom stereocenters. The molecule has 0 amide bonds. The van der Waals surface area contributed by atoms with Crippen molar-refractivity contribution < 1.29 is 19.0 Å². The van der Waals surface area contributed by atoms with Gasteiger partial charge >= 0.3 is 0 Å². The predicted molar refractivity (Wildman–Crippen MR) is 143 cm³/mol. The lowest BCUT2D eigenvalue weighted by Crippen LogP contribution is -2.35. The van der Waals surface area contributed by atoms with Crippen LogP contribution in [0.5, 0.6) is 11.6 Å². The van der Waals surface area contributed by atoms with Crippen LogP contribution >= 0.6 is 0 Å². The molecule has 194 valence electrons. The van der Waals surface area contributed by atoms with Crippen LogP contribution < -0.4 is 4.74 Å². The zero-order valence-corrected chi connectivity index (χ0v) is 21.4. The van der Waals surface area contributed by atoms with E-state index in [1.807, 2.05) is 60.7 Å². The van der Waals surface area contributed by atoms with Crippen molar-refractivity contribution in [1.29, 1.82) is 0 Å². The second kappa shape index (κ2) is 13.1. The molecular weight excluding hydrogens is 469 g/mol. The molecular formula is C30H34FN3O3. The second-order valence-electron chi connectivity index (χ2n) is 8.96. The monoisotopic (exact) mass is 503 g/mol. The van der Waals surface area contributed by atoms with Gasteiger partial charge in [-0.3, -0.25) is 4.90 Å². The van der Waals surface area contributed by atoms with Crippen molar-refractivity contribution in [3.8, 4) is 17.3 Å². The van der Waals surface area contributed by atoms with Crippen molar-refractivity contribution in [2.75, 3.05) is 26.8 Å². The lowest BCUT2D eigenvalue weighted by molar-refractivity contribution is 0.0846. The van der Waals surface area contributed by atoms with Gasteiger partial charge in [0.05, 0.1) is 29.7 Å². The molecule has 0 aliphatic rings. The summed E-state index contributed by atoms with van der Waals surface area (Å²) in [4.78, 5) is 2.15. The Balaban J connectivity index is 1.67. The fraction of sp³-hybridized carbons (Fsp3) is 0.300. The van der Waals surface area contributed by atoms with Crippen LogP contribution in [-0.2, 0) is 24.1 Å². The van der Waals surface area contributed by atoms with Gasteiger partial charge in [-0.25, -0.2) is 9.07 Å². The topological polar surface area (TPSA) is 59.8 Å². The lowest BCUT2D eigenvalue weighted by Gasteiger charge is -2.25. The molecule has 1 heterocycles. The molecule has 0 radical (unpaired) electrons. The summed E-state index contributed by atoms with van der Waals surface area (Å²) >= 11 is 0. The Labute approximate surface area is 217 Å². The number of aromatic nitrogens is 2. The van der Waals surface area contributed by atoms with Gasteiger partial charge in [-0.1, -0.05) is 61.5 Å². The van der Waals surface area contributed by atoms with Crippen molar-refractivity contribution in [2.24, 2.45) is 0 Å². The molecule has 4 aromatic rings. The van der Waals surface area contributed by atoms with E-state index >= 15 is 0 Å². The highest BCUT2D eigenvalue weighted by Crippen LogP contribution is 2.32. The van der Waals surface area contributed by atoms with Crippen LogP contribution in [0.25, 0.3) is 5.69 Å². The number of benzene rings is 3.